The van der Waals surface area contributed by atoms with E-state index in [-0.39, 0.29) is 6.04 Å². The third kappa shape index (κ3) is 2.53. The van der Waals surface area contributed by atoms with Gasteiger partial charge in [0.05, 0.1) is 17.4 Å². The number of fused-ring (bicyclic) bond motifs is 1. The van der Waals surface area contributed by atoms with Crippen molar-refractivity contribution in [2.75, 3.05) is 18.5 Å². The first-order valence-electron chi connectivity index (χ1n) is 5.89. The van der Waals surface area contributed by atoms with E-state index in [1.165, 1.54) is 0 Å². The van der Waals surface area contributed by atoms with Crippen molar-refractivity contribution in [1.82, 2.24) is 10.2 Å². The fourth-order valence-electron chi connectivity index (χ4n) is 1.88. The number of nitrogens with two attached hydrogens (primary N) is 1. The highest BCUT2D eigenvalue weighted by Gasteiger charge is 2.09. The molecule has 17 heavy (non-hydrogen) atoms. The predicted molar refractivity (Wildman–Crippen MR) is 71.1 cm³/mol. The van der Waals surface area contributed by atoms with Crippen molar-refractivity contribution in [1.29, 1.82) is 0 Å². The first-order valence-corrected chi connectivity index (χ1v) is 5.89. The normalized spacial score (nSPS) is 12.6. The highest BCUT2D eigenvalue weighted by molar-refractivity contribution is 5.90. The summed E-state index contributed by atoms with van der Waals surface area (Å²) in [5.41, 5.74) is 7.98. The molecule has 0 saturated carbocycles. The van der Waals surface area contributed by atoms with Crippen LogP contribution in [-0.2, 0) is 0 Å². The summed E-state index contributed by atoms with van der Waals surface area (Å²) < 4.78 is 0. The second-order valence-electron chi connectivity index (χ2n) is 4.30. The van der Waals surface area contributed by atoms with Crippen molar-refractivity contribution in [2.24, 2.45) is 5.73 Å². The molecule has 0 fully saturated rings. The minimum Gasteiger partial charge on any atom is -0.371 e. The largest absolute Gasteiger partial charge is 0.371 e. The smallest absolute Gasteiger partial charge is 0.0950 e. The maximum Gasteiger partial charge on any atom is 0.0950 e. The van der Waals surface area contributed by atoms with Crippen LogP contribution < -0.4 is 10.6 Å². The molecule has 0 unspecified atom stereocenters. The highest BCUT2D eigenvalue weighted by atomic mass is 15.2. The van der Waals surface area contributed by atoms with Crippen molar-refractivity contribution >= 4 is 16.6 Å². The average molecular weight is 230 g/mol. The second-order valence-corrected chi connectivity index (χ2v) is 4.30. The van der Waals surface area contributed by atoms with Crippen LogP contribution in [0.2, 0.25) is 0 Å². The van der Waals surface area contributed by atoms with Crippen molar-refractivity contribution in [2.45, 2.75) is 19.4 Å². The summed E-state index contributed by atoms with van der Waals surface area (Å²) in [7, 11) is 2.04. The van der Waals surface area contributed by atoms with Gasteiger partial charge in [0.2, 0.25) is 0 Å². The average Bonchev–Trinajstić information content (AvgIpc) is 2.37. The second kappa shape index (κ2) is 5.10. The Kier molecular flexibility index (Phi) is 3.54. The molecule has 0 radical (unpaired) electrons. The molecule has 0 spiro atoms. The van der Waals surface area contributed by atoms with Gasteiger partial charge in [-0.05, 0) is 12.5 Å². The highest BCUT2D eigenvalue weighted by Crippen LogP contribution is 2.22. The standard InChI is InChI=1S/C13H18N4/c1-3-10(14)9-17(2)13-8-15-16-12-7-5-4-6-11(12)13/h4-8,10H,3,9,14H2,1-2H3/t10-/m0/s1. The van der Waals surface area contributed by atoms with E-state index in [0.29, 0.717) is 0 Å². The zero-order valence-electron chi connectivity index (χ0n) is 10.3. The Hall–Kier alpha value is -1.68. The summed E-state index contributed by atoms with van der Waals surface area (Å²) in [6.07, 6.45) is 2.77. The molecular weight excluding hydrogens is 212 g/mol. The van der Waals surface area contributed by atoms with Gasteiger partial charge in [0, 0.05) is 25.0 Å². The molecule has 1 aromatic carbocycles. The Balaban J connectivity index is 2.34. The van der Waals surface area contributed by atoms with Gasteiger partial charge in [-0.25, -0.2) is 0 Å². The Labute approximate surface area is 101 Å². The van der Waals surface area contributed by atoms with E-state index in [2.05, 4.69) is 28.1 Å². The predicted octanol–water partition coefficient (Wildman–Crippen LogP) is 1.80. The minimum atomic E-state index is 0.187. The zero-order chi connectivity index (χ0) is 12.3. The molecule has 0 amide bonds. The van der Waals surface area contributed by atoms with Gasteiger partial charge in [0.25, 0.3) is 0 Å². The van der Waals surface area contributed by atoms with Gasteiger partial charge >= 0.3 is 0 Å². The van der Waals surface area contributed by atoms with Crippen LogP contribution in [-0.4, -0.2) is 29.8 Å². The third-order valence-electron chi connectivity index (χ3n) is 2.97. The van der Waals surface area contributed by atoms with Crippen LogP contribution in [0.25, 0.3) is 10.9 Å². The summed E-state index contributed by atoms with van der Waals surface area (Å²) in [6.45, 7) is 2.92. The SMILES string of the molecule is CC[C@H](N)CN(C)c1cnnc2ccccc12. The molecule has 90 valence electrons. The number of rotatable bonds is 4. The van der Waals surface area contributed by atoms with Crippen LogP contribution >= 0.6 is 0 Å². The molecule has 1 atom stereocenters. The molecule has 2 N–H and O–H groups in total. The topological polar surface area (TPSA) is 55.0 Å². The number of benzene rings is 1. The Morgan fingerprint density at radius 3 is 2.88 bits per heavy atom. The van der Waals surface area contributed by atoms with E-state index in [1.54, 1.807) is 6.20 Å². The third-order valence-corrected chi connectivity index (χ3v) is 2.97. The summed E-state index contributed by atoms with van der Waals surface area (Å²) >= 11 is 0. The maximum atomic E-state index is 5.98. The van der Waals surface area contributed by atoms with Gasteiger partial charge in [-0.15, -0.1) is 0 Å². The van der Waals surface area contributed by atoms with Gasteiger partial charge < -0.3 is 10.6 Å². The molecule has 1 heterocycles. The number of likely N-dealkylation sites (N-methyl/N-ethyl adjacent to an activating group) is 1. The van der Waals surface area contributed by atoms with Gasteiger partial charge in [0.15, 0.2) is 0 Å². The monoisotopic (exact) mass is 230 g/mol. The first kappa shape index (κ1) is 11.8. The molecular formula is C13H18N4. The van der Waals surface area contributed by atoms with E-state index in [9.17, 15) is 0 Å². The summed E-state index contributed by atoms with van der Waals surface area (Å²) in [6, 6.07) is 8.21. The number of aromatic nitrogens is 2. The molecule has 0 bridgehead atoms. The van der Waals surface area contributed by atoms with Crippen LogP contribution in [0.4, 0.5) is 5.69 Å². The van der Waals surface area contributed by atoms with E-state index in [0.717, 1.165) is 29.6 Å². The summed E-state index contributed by atoms with van der Waals surface area (Å²) in [5.74, 6) is 0. The van der Waals surface area contributed by atoms with E-state index >= 15 is 0 Å². The summed E-state index contributed by atoms with van der Waals surface area (Å²) in [4.78, 5) is 2.14. The fraction of sp³-hybridized carbons (Fsp3) is 0.385. The van der Waals surface area contributed by atoms with Crippen LogP contribution in [0.3, 0.4) is 0 Å². The Bertz CT molecular complexity index is 492. The Morgan fingerprint density at radius 2 is 2.12 bits per heavy atom. The lowest BCUT2D eigenvalue weighted by Crippen LogP contribution is -2.34. The Morgan fingerprint density at radius 1 is 1.35 bits per heavy atom. The molecule has 0 aliphatic heterocycles. The lowest BCUT2D eigenvalue weighted by atomic mass is 10.1. The number of hydrogen-bond donors (Lipinski definition) is 1. The molecule has 1 aromatic heterocycles. The molecule has 0 aliphatic rings. The van der Waals surface area contributed by atoms with Gasteiger partial charge in [-0.1, -0.05) is 25.1 Å². The van der Waals surface area contributed by atoms with Crippen LogP contribution in [0, 0.1) is 0 Å². The number of anilines is 1. The van der Waals surface area contributed by atoms with Crippen LogP contribution in [0.5, 0.6) is 0 Å². The van der Waals surface area contributed by atoms with Crippen LogP contribution in [0.15, 0.2) is 30.5 Å². The van der Waals surface area contributed by atoms with Crippen molar-refractivity contribution < 1.29 is 0 Å². The van der Waals surface area contributed by atoms with Gasteiger partial charge in [-0.3, -0.25) is 0 Å². The molecule has 2 rings (SSSR count). The lowest BCUT2D eigenvalue weighted by Gasteiger charge is -2.23. The fourth-order valence-corrected chi connectivity index (χ4v) is 1.88. The molecule has 0 aliphatic carbocycles. The van der Waals surface area contributed by atoms with Crippen molar-refractivity contribution in [3.05, 3.63) is 30.5 Å². The van der Waals surface area contributed by atoms with E-state index in [1.807, 2.05) is 25.2 Å². The van der Waals surface area contributed by atoms with Crippen molar-refractivity contribution in [3.63, 3.8) is 0 Å². The maximum absolute atomic E-state index is 5.98. The van der Waals surface area contributed by atoms with Crippen molar-refractivity contribution in [3.8, 4) is 0 Å². The first-order chi connectivity index (χ1) is 8.22. The van der Waals surface area contributed by atoms with Gasteiger partial charge in [-0.2, -0.15) is 10.2 Å². The molecule has 2 aromatic rings. The van der Waals surface area contributed by atoms with E-state index in [4.69, 9.17) is 5.73 Å². The minimum absolute atomic E-state index is 0.187. The van der Waals surface area contributed by atoms with Gasteiger partial charge in [0.1, 0.15) is 0 Å². The quantitative estimate of drug-likeness (QED) is 0.870. The summed E-state index contributed by atoms with van der Waals surface area (Å²) in [5, 5.41) is 9.27. The zero-order valence-corrected chi connectivity index (χ0v) is 10.3. The number of nitrogens with zero attached hydrogens (tertiary/aromatic N) is 3. The lowest BCUT2D eigenvalue weighted by molar-refractivity contribution is 0.639. The molecule has 4 nitrogen and oxygen atoms in total. The van der Waals surface area contributed by atoms with E-state index < -0.39 is 0 Å². The molecule has 0 saturated heterocycles. The molecule has 4 heteroatoms. The van der Waals surface area contributed by atoms with Crippen LogP contribution in [0.1, 0.15) is 13.3 Å². The number of hydrogen-bond acceptors (Lipinski definition) is 4.